The summed E-state index contributed by atoms with van der Waals surface area (Å²) in [6, 6.07) is 9.11. The summed E-state index contributed by atoms with van der Waals surface area (Å²) in [5.41, 5.74) is 2.96. The number of nitrogens with one attached hydrogen (secondary N) is 1. The van der Waals surface area contributed by atoms with Crippen LogP contribution < -0.4 is 10.1 Å². The van der Waals surface area contributed by atoms with Crippen LogP contribution in [0.25, 0.3) is 10.6 Å². The number of carbonyl (C=O) groups excluding carboxylic acids is 1. The topological polar surface area (TPSA) is 86.2 Å². The molecule has 0 radical (unpaired) electrons. The van der Waals surface area contributed by atoms with Gasteiger partial charge in [-0.3, -0.25) is 4.79 Å². The number of hydrogen-bond acceptors (Lipinski definition) is 7. The molecule has 2 aromatic heterocycles. The Labute approximate surface area is 192 Å². The fourth-order valence-corrected chi connectivity index (χ4v) is 4.30. The average Bonchev–Trinajstić information content (AvgIpc) is 3.50. The molecular weight excluding hydrogens is 424 g/mol. The second-order valence-corrected chi connectivity index (χ2v) is 9.18. The highest BCUT2D eigenvalue weighted by Gasteiger charge is 2.19. The molecule has 1 aliphatic rings. The Morgan fingerprint density at radius 2 is 2.19 bits per heavy atom. The summed E-state index contributed by atoms with van der Waals surface area (Å²) >= 11 is 1.63. The Morgan fingerprint density at radius 3 is 2.88 bits per heavy atom. The number of rotatable bonds is 8. The third-order valence-electron chi connectivity index (χ3n) is 5.44. The van der Waals surface area contributed by atoms with Crippen LogP contribution >= 0.6 is 11.3 Å². The number of aromatic nitrogens is 3. The van der Waals surface area contributed by atoms with Gasteiger partial charge < -0.3 is 14.8 Å². The number of thiazole rings is 1. The molecule has 3 aromatic rings. The predicted octanol–water partition coefficient (Wildman–Crippen LogP) is 4.38. The molecule has 1 saturated heterocycles. The van der Waals surface area contributed by atoms with E-state index in [1.807, 2.05) is 44.3 Å². The van der Waals surface area contributed by atoms with Gasteiger partial charge in [-0.2, -0.15) is 10.2 Å². The summed E-state index contributed by atoms with van der Waals surface area (Å²) in [4.78, 5) is 18.8. The van der Waals surface area contributed by atoms with Crippen LogP contribution in [0.2, 0.25) is 0 Å². The zero-order valence-corrected chi connectivity index (χ0v) is 19.4. The molecule has 4 rings (SSSR count). The Kier molecular flexibility index (Phi) is 7.12. The molecule has 0 unspecified atom stereocenters. The molecule has 7 nitrogen and oxygen atoms in total. The molecular formula is C24H28N4O3S. The van der Waals surface area contributed by atoms with Gasteiger partial charge in [0.1, 0.15) is 10.8 Å². The van der Waals surface area contributed by atoms with Gasteiger partial charge in [0.25, 0.3) is 5.91 Å². The van der Waals surface area contributed by atoms with E-state index in [2.05, 4.69) is 27.4 Å². The number of aryl methyl sites for hydroxylation is 2. The first kappa shape index (κ1) is 22.4. The maximum Gasteiger partial charge on any atom is 0.251 e. The van der Waals surface area contributed by atoms with Crippen LogP contribution in [0.5, 0.6) is 5.75 Å². The molecule has 2 atom stereocenters. The number of hydrogen-bond donors (Lipinski definition) is 1. The Morgan fingerprint density at radius 1 is 1.31 bits per heavy atom. The number of carbonyl (C=O) groups is 1. The maximum absolute atomic E-state index is 13.1. The lowest BCUT2D eigenvalue weighted by molar-refractivity contribution is 0.0938. The van der Waals surface area contributed by atoms with E-state index >= 15 is 0 Å². The van der Waals surface area contributed by atoms with E-state index in [1.165, 1.54) is 4.88 Å². The molecule has 0 bridgehead atoms. The van der Waals surface area contributed by atoms with Crippen LogP contribution in [0.3, 0.4) is 0 Å². The van der Waals surface area contributed by atoms with Crippen LogP contribution in [-0.4, -0.2) is 40.9 Å². The average molecular weight is 453 g/mol. The summed E-state index contributed by atoms with van der Waals surface area (Å²) in [5.74, 6) is 0.848. The summed E-state index contributed by atoms with van der Waals surface area (Å²) in [6.45, 7) is 7.95. The minimum atomic E-state index is -0.272. The lowest BCUT2D eigenvalue weighted by Crippen LogP contribution is -2.27. The number of amides is 1. The molecule has 3 heterocycles. The number of benzene rings is 1. The van der Waals surface area contributed by atoms with Crippen LogP contribution in [-0.2, 0) is 11.2 Å². The van der Waals surface area contributed by atoms with E-state index in [4.69, 9.17) is 9.47 Å². The normalized spacial score (nSPS) is 16.7. The molecule has 32 heavy (non-hydrogen) atoms. The van der Waals surface area contributed by atoms with E-state index in [0.717, 1.165) is 35.7 Å². The number of nitrogens with zero attached hydrogens (tertiary/aromatic N) is 3. The highest BCUT2D eigenvalue weighted by Crippen LogP contribution is 2.30. The molecule has 1 fully saturated rings. The molecule has 8 heteroatoms. The molecule has 1 aliphatic heterocycles. The van der Waals surface area contributed by atoms with Crippen LogP contribution in [0.15, 0.2) is 36.5 Å². The van der Waals surface area contributed by atoms with Crippen LogP contribution in [0.4, 0.5) is 0 Å². The van der Waals surface area contributed by atoms with Crippen LogP contribution in [0.1, 0.15) is 52.9 Å². The molecule has 0 saturated carbocycles. The summed E-state index contributed by atoms with van der Waals surface area (Å²) in [5, 5.41) is 12.2. The lowest BCUT2D eigenvalue weighted by Gasteiger charge is -2.15. The smallest absolute Gasteiger partial charge is 0.251 e. The van der Waals surface area contributed by atoms with Crippen molar-refractivity contribution in [2.45, 2.75) is 39.7 Å². The zero-order valence-electron chi connectivity index (χ0n) is 18.6. The molecule has 1 N–H and O–H groups in total. The molecule has 168 valence electrons. The van der Waals surface area contributed by atoms with Gasteiger partial charge in [0.05, 0.1) is 30.6 Å². The maximum atomic E-state index is 13.1. The summed E-state index contributed by atoms with van der Waals surface area (Å²) in [7, 11) is 0. The molecule has 0 spiro atoms. The first-order chi connectivity index (χ1) is 15.5. The van der Waals surface area contributed by atoms with Gasteiger partial charge in [-0.25, -0.2) is 4.98 Å². The predicted molar refractivity (Wildman–Crippen MR) is 124 cm³/mol. The fourth-order valence-electron chi connectivity index (χ4n) is 3.46. The van der Waals surface area contributed by atoms with Crippen molar-refractivity contribution in [3.8, 4) is 16.3 Å². The van der Waals surface area contributed by atoms with Gasteiger partial charge in [-0.15, -0.1) is 11.3 Å². The van der Waals surface area contributed by atoms with Crippen LogP contribution in [0, 0.1) is 12.8 Å². The Bertz CT molecular complexity index is 1060. The zero-order chi connectivity index (χ0) is 22.5. The second kappa shape index (κ2) is 10.2. The number of ether oxygens (including phenoxy) is 2. The van der Waals surface area contributed by atoms with Gasteiger partial charge in [0.2, 0.25) is 0 Å². The highest BCUT2D eigenvalue weighted by atomic mass is 32.1. The quantitative estimate of drug-likeness (QED) is 0.546. The fraction of sp³-hybridized carbons (Fsp3) is 0.417. The monoisotopic (exact) mass is 452 g/mol. The molecule has 1 amide bonds. The van der Waals surface area contributed by atoms with Gasteiger partial charge in [-0.1, -0.05) is 6.92 Å². The molecule has 1 aromatic carbocycles. The van der Waals surface area contributed by atoms with Crippen molar-refractivity contribution >= 4 is 17.2 Å². The largest absolute Gasteiger partial charge is 0.493 e. The van der Waals surface area contributed by atoms with E-state index in [0.29, 0.717) is 36.1 Å². The van der Waals surface area contributed by atoms with Crippen molar-refractivity contribution < 1.29 is 14.3 Å². The Hall–Kier alpha value is -2.84. The first-order valence-electron chi connectivity index (χ1n) is 10.9. The van der Waals surface area contributed by atoms with Crippen molar-refractivity contribution in [1.82, 2.24) is 20.5 Å². The second-order valence-electron chi connectivity index (χ2n) is 8.07. The first-order valence-corrected chi connectivity index (χ1v) is 11.7. The highest BCUT2D eigenvalue weighted by molar-refractivity contribution is 7.15. The summed E-state index contributed by atoms with van der Waals surface area (Å²) in [6.07, 6.45) is 3.81. The van der Waals surface area contributed by atoms with Crippen molar-refractivity contribution in [2.75, 3.05) is 19.8 Å². The standard InChI is InChI=1S/C24H28N4O3S/c1-4-21-12-25-24(32-21)19-9-18(10-20(11-19)31-14-17-7-8-30-13-17)23(29)26-16(3)22-6-5-15(2)27-28-22/h5-6,9-12,16-17H,4,7-8,13-14H2,1-3H3,(H,26,29)/t16-,17-/m1/s1. The van der Waals surface area contributed by atoms with Gasteiger partial charge in [0, 0.05) is 34.7 Å². The van der Waals surface area contributed by atoms with Crippen molar-refractivity contribution in [1.29, 1.82) is 0 Å². The molecule has 0 aliphatic carbocycles. The third-order valence-corrected chi connectivity index (χ3v) is 6.63. The summed E-state index contributed by atoms with van der Waals surface area (Å²) < 4.78 is 11.5. The van der Waals surface area contributed by atoms with Crippen molar-refractivity contribution in [3.63, 3.8) is 0 Å². The van der Waals surface area contributed by atoms with E-state index in [-0.39, 0.29) is 11.9 Å². The minimum Gasteiger partial charge on any atom is -0.493 e. The van der Waals surface area contributed by atoms with E-state index in [9.17, 15) is 4.79 Å². The van der Waals surface area contributed by atoms with Crippen molar-refractivity contribution in [3.05, 3.63) is 58.4 Å². The van der Waals surface area contributed by atoms with Gasteiger partial charge >= 0.3 is 0 Å². The van der Waals surface area contributed by atoms with Crippen molar-refractivity contribution in [2.24, 2.45) is 5.92 Å². The van der Waals surface area contributed by atoms with E-state index in [1.54, 1.807) is 17.4 Å². The SMILES string of the molecule is CCc1cnc(-c2cc(OC[C@@H]3CCOC3)cc(C(=O)N[C@H](C)c3ccc(C)nn3)c2)s1. The van der Waals surface area contributed by atoms with E-state index < -0.39 is 0 Å². The third kappa shape index (κ3) is 5.49. The lowest BCUT2D eigenvalue weighted by atomic mass is 10.1. The van der Waals surface area contributed by atoms with Gasteiger partial charge in [-0.05, 0) is 57.0 Å². The minimum absolute atomic E-state index is 0.192. The van der Waals surface area contributed by atoms with Gasteiger partial charge in [0.15, 0.2) is 0 Å². The Balaban J connectivity index is 1.56.